The Morgan fingerprint density at radius 3 is 3.00 bits per heavy atom. The standard InChI is InChI=1S/C20H18ClN5OS2/c1-26-18(12-5-4-6-13(21)9-12)24-25-20(26)28-11-17(27)23-19-15(10-22)14-7-2-3-8-16(14)29-19/h4-6,9H,2-3,7-8,11H2,1H3,(H,23,27). The lowest BCUT2D eigenvalue weighted by Gasteiger charge is -2.09. The predicted octanol–water partition coefficient (Wildman–Crippen LogP) is 4.68. The van der Waals surface area contributed by atoms with Crippen LogP contribution in [0.1, 0.15) is 28.8 Å². The monoisotopic (exact) mass is 443 g/mol. The van der Waals surface area contributed by atoms with Gasteiger partial charge in [-0.25, -0.2) is 0 Å². The zero-order valence-electron chi connectivity index (χ0n) is 15.7. The third kappa shape index (κ3) is 4.17. The van der Waals surface area contributed by atoms with Crippen LogP contribution in [0.25, 0.3) is 11.4 Å². The third-order valence-electron chi connectivity index (χ3n) is 4.79. The van der Waals surface area contributed by atoms with Crippen molar-refractivity contribution in [1.82, 2.24) is 14.8 Å². The van der Waals surface area contributed by atoms with Crippen LogP contribution in [0.5, 0.6) is 0 Å². The average molecular weight is 444 g/mol. The number of nitriles is 1. The Hall–Kier alpha value is -2.34. The van der Waals surface area contributed by atoms with Gasteiger partial charge in [-0.1, -0.05) is 35.5 Å². The second-order valence-electron chi connectivity index (χ2n) is 6.74. The van der Waals surface area contributed by atoms with Crippen LogP contribution in [-0.2, 0) is 24.7 Å². The SMILES string of the molecule is Cn1c(SCC(=O)Nc2sc3c(c2C#N)CCCC3)nnc1-c1cccc(Cl)c1. The summed E-state index contributed by atoms with van der Waals surface area (Å²) >= 11 is 8.90. The number of nitrogens with one attached hydrogen (secondary N) is 1. The van der Waals surface area contributed by atoms with Crippen molar-refractivity contribution in [2.45, 2.75) is 30.8 Å². The summed E-state index contributed by atoms with van der Waals surface area (Å²) in [6, 6.07) is 9.68. The quantitative estimate of drug-likeness (QED) is 0.579. The van der Waals surface area contributed by atoms with E-state index in [0.29, 0.717) is 26.6 Å². The van der Waals surface area contributed by atoms with Crippen LogP contribution in [0.2, 0.25) is 5.02 Å². The van der Waals surface area contributed by atoms with E-state index in [1.54, 1.807) is 6.07 Å². The molecule has 29 heavy (non-hydrogen) atoms. The molecule has 1 aliphatic carbocycles. The molecule has 2 heterocycles. The Morgan fingerprint density at radius 2 is 2.21 bits per heavy atom. The summed E-state index contributed by atoms with van der Waals surface area (Å²) in [6.07, 6.45) is 4.15. The number of thiophene rings is 1. The number of thioether (sulfide) groups is 1. The molecule has 1 amide bonds. The number of aromatic nitrogens is 3. The highest BCUT2D eigenvalue weighted by molar-refractivity contribution is 7.99. The number of fused-ring (bicyclic) bond motifs is 1. The number of anilines is 1. The Labute approximate surface area is 181 Å². The third-order valence-corrected chi connectivity index (χ3v) is 7.25. The predicted molar refractivity (Wildman–Crippen MR) is 116 cm³/mol. The van der Waals surface area contributed by atoms with Crippen molar-refractivity contribution in [3.05, 3.63) is 45.3 Å². The molecule has 0 saturated carbocycles. The summed E-state index contributed by atoms with van der Waals surface area (Å²) < 4.78 is 1.84. The van der Waals surface area contributed by atoms with Crippen LogP contribution in [0.4, 0.5) is 5.00 Å². The van der Waals surface area contributed by atoms with Crippen molar-refractivity contribution < 1.29 is 4.79 Å². The van der Waals surface area contributed by atoms with E-state index in [4.69, 9.17) is 11.6 Å². The number of benzene rings is 1. The van der Waals surface area contributed by atoms with Crippen molar-refractivity contribution in [3.63, 3.8) is 0 Å². The minimum Gasteiger partial charge on any atom is -0.316 e. The van der Waals surface area contributed by atoms with E-state index in [1.807, 2.05) is 29.8 Å². The molecule has 1 N–H and O–H groups in total. The van der Waals surface area contributed by atoms with Crippen LogP contribution >= 0.6 is 34.7 Å². The first-order chi connectivity index (χ1) is 14.1. The maximum Gasteiger partial charge on any atom is 0.235 e. The molecule has 6 nitrogen and oxygen atoms in total. The second kappa shape index (κ2) is 8.57. The van der Waals surface area contributed by atoms with E-state index in [9.17, 15) is 10.1 Å². The van der Waals surface area contributed by atoms with Crippen molar-refractivity contribution in [2.75, 3.05) is 11.1 Å². The fraction of sp³-hybridized carbons (Fsp3) is 0.300. The highest BCUT2D eigenvalue weighted by atomic mass is 35.5. The van der Waals surface area contributed by atoms with E-state index >= 15 is 0 Å². The average Bonchev–Trinajstić information content (AvgIpc) is 3.25. The molecule has 0 radical (unpaired) electrons. The summed E-state index contributed by atoms with van der Waals surface area (Å²) in [5.74, 6) is 0.722. The van der Waals surface area contributed by atoms with Crippen LogP contribution in [0.3, 0.4) is 0 Å². The van der Waals surface area contributed by atoms with E-state index in [0.717, 1.165) is 36.8 Å². The minimum atomic E-state index is -0.155. The summed E-state index contributed by atoms with van der Waals surface area (Å²) in [5.41, 5.74) is 2.61. The zero-order chi connectivity index (χ0) is 20.4. The van der Waals surface area contributed by atoms with Crippen molar-refractivity contribution >= 4 is 45.6 Å². The van der Waals surface area contributed by atoms with E-state index in [1.165, 1.54) is 28.0 Å². The van der Waals surface area contributed by atoms with Crippen molar-refractivity contribution in [3.8, 4) is 17.5 Å². The van der Waals surface area contributed by atoms with E-state index < -0.39 is 0 Å². The summed E-state index contributed by atoms with van der Waals surface area (Å²) in [6.45, 7) is 0. The van der Waals surface area contributed by atoms with Gasteiger partial charge >= 0.3 is 0 Å². The molecular weight excluding hydrogens is 426 g/mol. The molecule has 0 saturated heterocycles. The molecule has 1 aromatic carbocycles. The summed E-state index contributed by atoms with van der Waals surface area (Å²) in [7, 11) is 1.86. The molecule has 2 aromatic heterocycles. The highest BCUT2D eigenvalue weighted by Crippen LogP contribution is 2.37. The van der Waals surface area contributed by atoms with E-state index in [2.05, 4.69) is 21.6 Å². The van der Waals surface area contributed by atoms with Gasteiger partial charge in [-0.2, -0.15) is 5.26 Å². The van der Waals surface area contributed by atoms with Crippen LogP contribution in [-0.4, -0.2) is 26.4 Å². The molecular formula is C20H18ClN5OS2. The first-order valence-corrected chi connectivity index (χ1v) is 11.4. The number of amides is 1. The van der Waals surface area contributed by atoms with Crippen LogP contribution in [0.15, 0.2) is 29.4 Å². The molecule has 0 atom stereocenters. The van der Waals surface area contributed by atoms with Crippen molar-refractivity contribution in [1.29, 1.82) is 5.26 Å². The molecule has 4 rings (SSSR count). The largest absolute Gasteiger partial charge is 0.316 e. The van der Waals surface area contributed by atoms with Gasteiger partial charge in [0.05, 0.1) is 11.3 Å². The fourth-order valence-corrected chi connectivity index (χ4v) is 5.54. The molecule has 0 spiro atoms. The molecule has 3 aromatic rings. The highest BCUT2D eigenvalue weighted by Gasteiger charge is 2.22. The van der Waals surface area contributed by atoms with Gasteiger partial charge in [0.15, 0.2) is 11.0 Å². The molecule has 0 bridgehead atoms. The molecule has 9 heteroatoms. The first kappa shape index (κ1) is 20.0. The lowest BCUT2D eigenvalue weighted by Crippen LogP contribution is -2.14. The summed E-state index contributed by atoms with van der Waals surface area (Å²) in [4.78, 5) is 13.7. The summed E-state index contributed by atoms with van der Waals surface area (Å²) in [5, 5.41) is 22.8. The number of carbonyl (C=O) groups excluding carboxylic acids is 1. The van der Waals surface area contributed by atoms with Gasteiger partial charge in [0, 0.05) is 22.5 Å². The van der Waals surface area contributed by atoms with Gasteiger partial charge in [0.2, 0.25) is 5.91 Å². The van der Waals surface area contributed by atoms with Gasteiger partial charge < -0.3 is 9.88 Å². The fourth-order valence-electron chi connectivity index (χ4n) is 3.38. The van der Waals surface area contributed by atoms with Crippen LogP contribution in [0, 0.1) is 11.3 Å². The lowest BCUT2D eigenvalue weighted by atomic mass is 9.96. The lowest BCUT2D eigenvalue weighted by molar-refractivity contribution is -0.113. The number of hydrogen-bond donors (Lipinski definition) is 1. The first-order valence-electron chi connectivity index (χ1n) is 9.19. The molecule has 1 aliphatic rings. The number of nitrogens with zero attached hydrogens (tertiary/aromatic N) is 4. The minimum absolute atomic E-state index is 0.155. The second-order valence-corrected chi connectivity index (χ2v) is 9.22. The zero-order valence-corrected chi connectivity index (χ0v) is 18.1. The van der Waals surface area contributed by atoms with E-state index in [-0.39, 0.29) is 11.7 Å². The van der Waals surface area contributed by atoms with Crippen LogP contribution < -0.4 is 5.32 Å². The number of aryl methyl sites for hydroxylation is 1. The number of rotatable bonds is 5. The smallest absolute Gasteiger partial charge is 0.235 e. The normalized spacial score (nSPS) is 13.0. The van der Waals surface area contributed by atoms with Gasteiger partial charge in [0.25, 0.3) is 0 Å². The number of carbonyl (C=O) groups is 1. The van der Waals surface area contributed by atoms with Crippen molar-refractivity contribution in [2.24, 2.45) is 7.05 Å². The Balaban J connectivity index is 1.43. The molecule has 0 fully saturated rings. The maximum atomic E-state index is 12.5. The molecule has 0 aliphatic heterocycles. The Bertz CT molecular complexity index is 1110. The van der Waals surface area contributed by atoms with Gasteiger partial charge in [-0.15, -0.1) is 21.5 Å². The van der Waals surface area contributed by atoms with Gasteiger partial charge in [-0.3, -0.25) is 4.79 Å². The number of halogens is 1. The molecule has 148 valence electrons. The molecule has 0 unspecified atom stereocenters. The maximum absolute atomic E-state index is 12.5. The Morgan fingerprint density at radius 1 is 1.38 bits per heavy atom. The number of hydrogen-bond acceptors (Lipinski definition) is 6. The van der Waals surface area contributed by atoms with Gasteiger partial charge in [0.1, 0.15) is 11.1 Å². The topological polar surface area (TPSA) is 83.6 Å². The van der Waals surface area contributed by atoms with Gasteiger partial charge in [-0.05, 0) is 43.4 Å². The Kier molecular flexibility index (Phi) is 5.90.